The Balaban J connectivity index is 1.81. The summed E-state index contributed by atoms with van der Waals surface area (Å²) in [5, 5.41) is 0. The number of ether oxygens (including phenoxy) is 1. The Kier molecular flexibility index (Phi) is 8.68. The normalized spacial score (nSPS) is 9.92. The van der Waals surface area contributed by atoms with Gasteiger partial charge < -0.3 is 4.74 Å². The van der Waals surface area contributed by atoms with Gasteiger partial charge in [-0.1, -0.05) is 62.5 Å². The first-order valence-corrected chi connectivity index (χ1v) is 9.31. The quantitative estimate of drug-likeness (QED) is 0.478. The van der Waals surface area contributed by atoms with Crippen molar-refractivity contribution in [2.24, 2.45) is 0 Å². The van der Waals surface area contributed by atoms with Crippen LogP contribution in [0.1, 0.15) is 49.8 Å². The van der Waals surface area contributed by atoms with Crippen LogP contribution in [0, 0.1) is 23.7 Å². The summed E-state index contributed by atoms with van der Waals surface area (Å²) in [5.74, 6) is 13.1. The Bertz CT molecular complexity index is 803. The first-order chi connectivity index (χ1) is 12.8. The number of allylic oxidation sites excluding steroid dienone is 2. The van der Waals surface area contributed by atoms with Crippen molar-refractivity contribution in [3.05, 3.63) is 77.4 Å². The Hall–Kier alpha value is -2.90. The number of rotatable bonds is 6. The molecule has 0 atom stereocenters. The van der Waals surface area contributed by atoms with Gasteiger partial charge in [-0.25, -0.2) is 0 Å². The molecule has 0 spiro atoms. The van der Waals surface area contributed by atoms with Gasteiger partial charge in [-0.3, -0.25) is 0 Å². The highest BCUT2D eigenvalue weighted by atomic mass is 16.5. The van der Waals surface area contributed by atoms with Crippen molar-refractivity contribution < 1.29 is 4.74 Å². The highest BCUT2D eigenvalue weighted by Gasteiger charge is 1.93. The van der Waals surface area contributed by atoms with Crippen LogP contribution in [0.5, 0.6) is 5.75 Å². The van der Waals surface area contributed by atoms with Crippen molar-refractivity contribution in [2.45, 2.75) is 39.5 Å². The van der Waals surface area contributed by atoms with E-state index in [9.17, 15) is 0 Å². The number of aryl methyl sites for hydroxylation is 1. The molecular weight excluding hydrogens is 316 g/mol. The molecule has 2 rings (SSSR count). The molecule has 0 aliphatic heterocycles. The standard InChI is InChI=1S/C25H26O/c1-3-5-10-21-26-25-19-17-24(18-20-25)12-9-7-6-8-11-23-15-13-22(4-2)14-16-23/h6-7,13-20H,3-5,10,21H2,1-2H3. The first kappa shape index (κ1) is 19.4. The van der Waals surface area contributed by atoms with E-state index in [1.54, 1.807) is 12.2 Å². The van der Waals surface area contributed by atoms with Gasteiger partial charge in [0, 0.05) is 11.1 Å². The molecular formula is C25H26O. The molecule has 2 aromatic carbocycles. The molecule has 26 heavy (non-hydrogen) atoms. The second kappa shape index (κ2) is 11.6. The minimum Gasteiger partial charge on any atom is -0.494 e. The lowest BCUT2D eigenvalue weighted by atomic mass is 10.1. The van der Waals surface area contributed by atoms with Crippen LogP contribution < -0.4 is 4.74 Å². The van der Waals surface area contributed by atoms with E-state index in [0.717, 1.165) is 36.3 Å². The van der Waals surface area contributed by atoms with E-state index >= 15 is 0 Å². The summed E-state index contributed by atoms with van der Waals surface area (Å²) in [5.41, 5.74) is 3.32. The van der Waals surface area contributed by atoms with E-state index in [0.29, 0.717) is 0 Å². The molecule has 1 nitrogen and oxygen atoms in total. The maximum atomic E-state index is 5.70. The molecule has 0 unspecified atom stereocenters. The van der Waals surface area contributed by atoms with Crippen molar-refractivity contribution in [2.75, 3.05) is 6.61 Å². The molecule has 0 N–H and O–H groups in total. The second-order valence-corrected chi connectivity index (χ2v) is 6.00. The summed E-state index contributed by atoms with van der Waals surface area (Å²) >= 11 is 0. The van der Waals surface area contributed by atoms with E-state index in [1.165, 1.54) is 18.4 Å². The third-order valence-electron chi connectivity index (χ3n) is 3.92. The van der Waals surface area contributed by atoms with Gasteiger partial charge in [-0.2, -0.15) is 0 Å². The molecule has 1 heteroatoms. The fourth-order valence-electron chi connectivity index (χ4n) is 2.33. The Morgan fingerprint density at radius 2 is 1.35 bits per heavy atom. The molecule has 0 radical (unpaired) electrons. The maximum Gasteiger partial charge on any atom is 0.119 e. The van der Waals surface area contributed by atoms with Gasteiger partial charge in [0.05, 0.1) is 6.61 Å². The van der Waals surface area contributed by atoms with Crippen LogP contribution in [-0.4, -0.2) is 6.61 Å². The summed E-state index contributed by atoms with van der Waals surface area (Å²) in [7, 11) is 0. The fraction of sp³-hybridized carbons (Fsp3) is 0.280. The molecule has 0 heterocycles. The zero-order chi connectivity index (χ0) is 18.5. The number of unbranched alkanes of at least 4 members (excludes halogenated alkanes) is 2. The Morgan fingerprint density at radius 3 is 1.88 bits per heavy atom. The third-order valence-corrected chi connectivity index (χ3v) is 3.92. The van der Waals surface area contributed by atoms with Crippen molar-refractivity contribution in [3.63, 3.8) is 0 Å². The minimum atomic E-state index is 0.779. The molecule has 0 fully saturated rings. The van der Waals surface area contributed by atoms with E-state index in [1.807, 2.05) is 24.3 Å². The summed E-state index contributed by atoms with van der Waals surface area (Å²) in [6, 6.07) is 16.2. The lowest BCUT2D eigenvalue weighted by molar-refractivity contribution is 0.306. The fourth-order valence-corrected chi connectivity index (χ4v) is 2.33. The molecule has 2 aromatic rings. The molecule has 0 saturated heterocycles. The van der Waals surface area contributed by atoms with Crippen molar-refractivity contribution in [3.8, 4) is 29.4 Å². The summed E-state index contributed by atoms with van der Waals surface area (Å²) in [6.45, 7) is 5.12. The minimum absolute atomic E-state index is 0.779. The van der Waals surface area contributed by atoms with Crippen LogP contribution in [0.2, 0.25) is 0 Å². The molecule has 0 aliphatic rings. The van der Waals surface area contributed by atoms with Gasteiger partial charge in [0.15, 0.2) is 0 Å². The lowest BCUT2D eigenvalue weighted by Gasteiger charge is -2.05. The van der Waals surface area contributed by atoms with Gasteiger partial charge >= 0.3 is 0 Å². The summed E-state index contributed by atoms with van der Waals surface area (Å²) in [6.07, 6.45) is 8.14. The molecule has 0 bridgehead atoms. The predicted octanol–water partition coefficient (Wildman–Crippen LogP) is 5.78. The average Bonchev–Trinajstić information content (AvgIpc) is 2.69. The zero-order valence-electron chi connectivity index (χ0n) is 15.7. The predicted molar refractivity (Wildman–Crippen MR) is 110 cm³/mol. The van der Waals surface area contributed by atoms with Gasteiger partial charge in [-0.05, 0) is 67.0 Å². The average molecular weight is 342 g/mol. The Morgan fingerprint density at radius 1 is 0.769 bits per heavy atom. The monoisotopic (exact) mass is 342 g/mol. The SMILES string of the molecule is CCCCCOc1ccc(C#CC=CC#Cc2ccc(CC)cc2)cc1. The van der Waals surface area contributed by atoms with Crippen LogP contribution in [-0.2, 0) is 6.42 Å². The van der Waals surface area contributed by atoms with E-state index in [2.05, 4.69) is 61.8 Å². The molecule has 132 valence electrons. The van der Waals surface area contributed by atoms with E-state index in [-0.39, 0.29) is 0 Å². The zero-order valence-corrected chi connectivity index (χ0v) is 15.7. The third kappa shape index (κ3) is 7.33. The smallest absolute Gasteiger partial charge is 0.119 e. The molecule has 0 saturated carbocycles. The van der Waals surface area contributed by atoms with Gasteiger partial charge in [0.25, 0.3) is 0 Å². The Labute approximate surface area is 158 Å². The topological polar surface area (TPSA) is 9.23 Å². The highest BCUT2D eigenvalue weighted by molar-refractivity contribution is 5.42. The van der Waals surface area contributed by atoms with Crippen LogP contribution in [0.15, 0.2) is 60.7 Å². The first-order valence-electron chi connectivity index (χ1n) is 9.31. The van der Waals surface area contributed by atoms with Crippen molar-refractivity contribution in [1.29, 1.82) is 0 Å². The van der Waals surface area contributed by atoms with Crippen LogP contribution in [0.4, 0.5) is 0 Å². The summed E-state index contributed by atoms with van der Waals surface area (Å²) < 4.78 is 5.70. The van der Waals surface area contributed by atoms with E-state index < -0.39 is 0 Å². The van der Waals surface area contributed by atoms with Crippen molar-refractivity contribution >= 4 is 0 Å². The molecule has 0 aliphatic carbocycles. The molecule has 0 aromatic heterocycles. The van der Waals surface area contributed by atoms with Crippen molar-refractivity contribution in [1.82, 2.24) is 0 Å². The maximum absolute atomic E-state index is 5.70. The summed E-state index contributed by atoms with van der Waals surface area (Å²) in [4.78, 5) is 0. The lowest BCUT2D eigenvalue weighted by Crippen LogP contribution is -1.96. The highest BCUT2D eigenvalue weighted by Crippen LogP contribution is 2.12. The number of hydrogen-bond donors (Lipinski definition) is 0. The number of benzene rings is 2. The number of hydrogen-bond acceptors (Lipinski definition) is 1. The van der Waals surface area contributed by atoms with Crippen LogP contribution in [0.3, 0.4) is 0 Å². The van der Waals surface area contributed by atoms with Gasteiger partial charge in [0.1, 0.15) is 5.75 Å². The van der Waals surface area contributed by atoms with E-state index in [4.69, 9.17) is 4.74 Å². The van der Waals surface area contributed by atoms with Crippen LogP contribution in [0.25, 0.3) is 0 Å². The van der Waals surface area contributed by atoms with Gasteiger partial charge in [0.2, 0.25) is 0 Å². The largest absolute Gasteiger partial charge is 0.494 e. The molecule has 0 amide bonds. The van der Waals surface area contributed by atoms with Crippen LogP contribution >= 0.6 is 0 Å². The van der Waals surface area contributed by atoms with Gasteiger partial charge in [-0.15, -0.1) is 0 Å². The second-order valence-electron chi connectivity index (χ2n) is 6.00.